The molecule has 0 saturated carbocycles. The Bertz CT molecular complexity index is 674. The average Bonchev–Trinajstić information content (AvgIpc) is 2.56. The second-order valence-corrected chi connectivity index (χ2v) is 6.02. The van der Waals surface area contributed by atoms with Crippen molar-refractivity contribution in [2.24, 2.45) is 0 Å². The zero-order valence-electron chi connectivity index (χ0n) is 15.2. The van der Waals surface area contributed by atoms with Gasteiger partial charge in [-0.25, -0.2) is 0 Å². The average molecular weight is 316 g/mol. The number of ether oxygens (including phenoxy) is 3. The van der Waals surface area contributed by atoms with Crippen LogP contribution in [0.1, 0.15) is 50.3 Å². The molecule has 0 aliphatic heterocycles. The summed E-state index contributed by atoms with van der Waals surface area (Å²) in [7, 11) is 3.41. The van der Waals surface area contributed by atoms with Crippen LogP contribution in [-0.2, 0) is 17.8 Å². The first-order valence-electron chi connectivity index (χ1n) is 8.35. The van der Waals surface area contributed by atoms with Crippen molar-refractivity contribution in [1.82, 2.24) is 0 Å². The molecule has 0 N–H and O–H groups in total. The van der Waals surface area contributed by atoms with Crippen molar-refractivity contribution in [2.45, 2.75) is 46.6 Å². The molecule has 0 heterocycles. The smallest absolute Gasteiger partial charge is 0.164 e. The summed E-state index contributed by atoms with van der Waals surface area (Å²) >= 11 is 0. The molecule has 3 heteroatoms. The topological polar surface area (TPSA) is 27.7 Å². The van der Waals surface area contributed by atoms with Crippen molar-refractivity contribution < 1.29 is 14.2 Å². The predicted octanol–water partition coefficient (Wildman–Crippen LogP) is 5.08. The summed E-state index contributed by atoms with van der Waals surface area (Å²) in [5, 5.41) is 2.49. The highest BCUT2D eigenvalue weighted by molar-refractivity contribution is 5.93. The van der Waals surface area contributed by atoms with E-state index in [0.717, 1.165) is 24.5 Å². The summed E-state index contributed by atoms with van der Waals surface area (Å²) in [5.74, 6) is 1.98. The lowest BCUT2D eigenvalue weighted by molar-refractivity contribution is 0.134. The van der Waals surface area contributed by atoms with Crippen LogP contribution < -0.4 is 9.47 Å². The monoisotopic (exact) mass is 316 g/mol. The Kier molecular flexibility index (Phi) is 5.89. The van der Waals surface area contributed by atoms with Gasteiger partial charge < -0.3 is 14.2 Å². The van der Waals surface area contributed by atoms with Gasteiger partial charge in [0.25, 0.3) is 0 Å². The quantitative estimate of drug-likeness (QED) is 0.713. The predicted molar refractivity (Wildman–Crippen MR) is 95.8 cm³/mol. The number of aryl methyl sites for hydroxylation is 1. The Morgan fingerprint density at radius 2 is 1.70 bits per heavy atom. The van der Waals surface area contributed by atoms with Crippen LogP contribution in [-0.4, -0.2) is 20.8 Å². The fourth-order valence-electron chi connectivity index (χ4n) is 3.16. The molecule has 2 aromatic rings. The summed E-state index contributed by atoms with van der Waals surface area (Å²) in [6.45, 7) is 9.96. The molecule has 0 amide bonds. The SMILES string of the molecule is CCOCc1cc(CC)c2cc(OC)c(OC)c(C(C)C)c2c1. The van der Waals surface area contributed by atoms with E-state index in [-0.39, 0.29) is 0 Å². The third-order valence-electron chi connectivity index (χ3n) is 4.21. The number of fused-ring (bicyclic) bond motifs is 1. The first-order chi connectivity index (χ1) is 11.1. The highest BCUT2D eigenvalue weighted by atomic mass is 16.5. The molecule has 0 fully saturated rings. The lowest BCUT2D eigenvalue weighted by Gasteiger charge is -2.20. The van der Waals surface area contributed by atoms with Crippen molar-refractivity contribution >= 4 is 10.8 Å². The second-order valence-electron chi connectivity index (χ2n) is 6.02. The molecule has 0 aromatic heterocycles. The van der Waals surface area contributed by atoms with Crippen LogP contribution in [0.4, 0.5) is 0 Å². The van der Waals surface area contributed by atoms with Crippen molar-refractivity contribution in [2.75, 3.05) is 20.8 Å². The first kappa shape index (κ1) is 17.6. The summed E-state index contributed by atoms with van der Waals surface area (Å²) < 4.78 is 16.9. The first-order valence-corrected chi connectivity index (χ1v) is 8.35. The molecule has 23 heavy (non-hydrogen) atoms. The van der Waals surface area contributed by atoms with Gasteiger partial charge in [0.15, 0.2) is 11.5 Å². The van der Waals surface area contributed by atoms with Gasteiger partial charge in [-0.15, -0.1) is 0 Å². The fraction of sp³-hybridized carbons (Fsp3) is 0.500. The minimum atomic E-state index is 0.342. The molecule has 126 valence electrons. The van der Waals surface area contributed by atoms with E-state index in [1.165, 1.54) is 27.5 Å². The van der Waals surface area contributed by atoms with Gasteiger partial charge >= 0.3 is 0 Å². The van der Waals surface area contributed by atoms with Crippen molar-refractivity contribution in [3.8, 4) is 11.5 Å². The summed E-state index contributed by atoms with van der Waals surface area (Å²) in [6.07, 6.45) is 0.976. The summed E-state index contributed by atoms with van der Waals surface area (Å²) in [4.78, 5) is 0. The minimum absolute atomic E-state index is 0.342. The molecule has 0 saturated heterocycles. The number of benzene rings is 2. The van der Waals surface area contributed by atoms with Gasteiger partial charge in [-0.3, -0.25) is 0 Å². The van der Waals surface area contributed by atoms with E-state index in [1.807, 2.05) is 6.92 Å². The standard InChI is InChI=1S/C20H28O3/c1-7-15-9-14(12-23-8-2)10-17-16(15)11-18(21-5)20(22-6)19(17)13(3)4/h9-11,13H,7-8,12H2,1-6H3. The summed E-state index contributed by atoms with van der Waals surface area (Å²) in [5.41, 5.74) is 3.74. The van der Waals surface area contributed by atoms with Crippen molar-refractivity contribution in [3.05, 3.63) is 34.9 Å². The third-order valence-corrected chi connectivity index (χ3v) is 4.21. The molecule has 3 nitrogen and oxygen atoms in total. The lowest BCUT2D eigenvalue weighted by Crippen LogP contribution is -2.02. The maximum atomic E-state index is 5.68. The number of methoxy groups -OCH3 is 2. The van der Waals surface area contributed by atoms with Gasteiger partial charge in [-0.2, -0.15) is 0 Å². The highest BCUT2D eigenvalue weighted by Crippen LogP contribution is 2.42. The molecule has 0 aliphatic rings. The lowest BCUT2D eigenvalue weighted by atomic mass is 9.90. The second kappa shape index (κ2) is 7.69. The van der Waals surface area contributed by atoms with E-state index in [1.54, 1.807) is 14.2 Å². The van der Waals surface area contributed by atoms with Crippen LogP contribution in [0.3, 0.4) is 0 Å². The van der Waals surface area contributed by atoms with Crippen molar-refractivity contribution in [1.29, 1.82) is 0 Å². The van der Waals surface area contributed by atoms with Crippen LogP contribution in [0.2, 0.25) is 0 Å². The van der Waals surface area contributed by atoms with Gasteiger partial charge in [0.1, 0.15) is 0 Å². The molecule has 0 atom stereocenters. The van der Waals surface area contributed by atoms with Crippen molar-refractivity contribution in [3.63, 3.8) is 0 Å². The van der Waals surface area contributed by atoms with Gasteiger partial charge in [0.2, 0.25) is 0 Å². The van der Waals surface area contributed by atoms with Gasteiger partial charge in [-0.05, 0) is 53.3 Å². The third kappa shape index (κ3) is 3.45. The zero-order chi connectivity index (χ0) is 17.0. The maximum absolute atomic E-state index is 5.68. The van der Waals surface area contributed by atoms with Gasteiger partial charge in [0, 0.05) is 12.2 Å². The normalized spacial score (nSPS) is 11.3. The Morgan fingerprint density at radius 1 is 0.957 bits per heavy atom. The summed E-state index contributed by atoms with van der Waals surface area (Å²) in [6, 6.07) is 6.58. The molecule has 0 aliphatic carbocycles. The van der Waals surface area contributed by atoms with Gasteiger partial charge in [-0.1, -0.05) is 26.8 Å². The van der Waals surface area contributed by atoms with Crippen LogP contribution in [0, 0.1) is 0 Å². The molecule has 2 aromatic carbocycles. The van der Waals surface area contributed by atoms with E-state index in [2.05, 4.69) is 39.0 Å². The van der Waals surface area contributed by atoms with E-state index in [9.17, 15) is 0 Å². The Balaban J connectivity index is 2.81. The van der Waals surface area contributed by atoms with E-state index in [4.69, 9.17) is 14.2 Å². The van der Waals surface area contributed by atoms with Crippen LogP contribution in [0.25, 0.3) is 10.8 Å². The van der Waals surface area contributed by atoms with E-state index >= 15 is 0 Å². The van der Waals surface area contributed by atoms with E-state index in [0.29, 0.717) is 12.5 Å². The minimum Gasteiger partial charge on any atom is -0.493 e. The Morgan fingerprint density at radius 3 is 2.22 bits per heavy atom. The molecule has 2 rings (SSSR count). The number of hydrogen-bond acceptors (Lipinski definition) is 3. The fourth-order valence-corrected chi connectivity index (χ4v) is 3.16. The molecular formula is C20H28O3. The zero-order valence-corrected chi connectivity index (χ0v) is 15.2. The van der Waals surface area contributed by atoms with Crippen LogP contribution >= 0.6 is 0 Å². The van der Waals surface area contributed by atoms with Gasteiger partial charge in [0.05, 0.1) is 20.8 Å². The molecule has 0 bridgehead atoms. The Labute approximate surface area is 139 Å². The largest absolute Gasteiger partial charge is 0.493 e. The maximum Gasteiger partial charge on any atom is 0.164 e. The van der Waals surface area contributed by atoms with Crippen LogP contribution in [0.15, 0.2) is 18.2 Å². The Hall–Kier alpha value is -1.74. The highest BCUT2D eigenvalue weighted by Gasteiger charge is 2.19. The number of rotatable bonds is 7. The molecule has 0 spiro atoms. The van der Waals surface area contributed by atoms with Crippen LogP contribution in [0.5, 0.6) is 11.5 Å². The molecular weight excluding hydrogens is 288 g/mol. The number of hydrogen-bond donors (Lipinski definition) is 0. The van der Waals surface area contributed by atoms with E-state index < -0.39 is 0 Å². The molecule has 0 unspecified atom stereocenters. The molecule has 0 radical (unpaired) electrons.